The predicted molar refractivity (Wildman–Crippen MR) is 95.7 cm³/mol. The maximum absolute atomic E-state index is 12.8. The minimum Gasteiger partial charge on any atom is -0.350 e. The van der Waals surface area contributed by atoms with Gasteiger partial charge < -0.3 is 16.0 Å². The van der Waals surface area contributed by atoms with E-state index in [4.69, 9.17) is 0 Å². The number of piperidine rings is 1. The van der Waals surface area contributed by atoms with Crippen LogP contribution in [-0.2, 0) is 4.79 Å². The van der Waals surface area contributed by atoms with Gasteiger partial charge in [-0.2, -0.15) is 0 Å². The first-order chi connectivity index (χ1) is 11.5. The van der Waals surface area contributed by atoms with Crippen molar-refractivity contribution in [2.75, 3.05) is 13.1 Å². The van der Waals surface area contributed by atoms with E-state index >= 15 is 0 Å². The highest BCUT2D eigenvalue weighted by Gasteiger charge is 2.30. The standard InChI is InChI=1S/C19H29N3O2/c1-4-13(2)17(22-18(23)15-8-6-5-7-9-15)19(24)21-16-12-20-11-10-14(16)3/h5-9,13-14,16-17,20H,4,10-12H2,1-3H3,(H,21,24)(H,22,23). The Morgan fingerprint density at radius 1 is 1.29 bits per heavy atom. The first-order valence-electron chi connectivity index (χ1n) is 8.90. The Kier molecular flexibility index (Phi) is 6.79. The van der Waals surface area contributed by atoms with E-state index in [2.05, 4.69) is 22.9 Å². The fourth-order valence-corrected chi connectivity index (χ4v) is 2.97. The van der Waals surface area contributed by atoms with Gasteiger partial charge in [-0.05, 0) is 36.9 Å². The van der Waals surface area contributed by atoms with Crippen molar-refractivity contribution in [3.8, 4) is 0 Å². The van der Waals surface area contributed by atoms with Crippen LogP contribution in [-0.4, -0.2) is 37.0 Å². The normalized spacial score (nSPS) is 23.1. The zero-order chi connectivity index (χ0) is 17.5. The fraction of sp³-hybridized carbons (Fsp3) is 0.579. The first kappa shape index (κ1) is 18.5. The van der Waals surface area contributed by atoms with Crippen molar-refractivity contribution in [1.29, 1.82) is 0 Å². The van der Waals surface area contributed by atoms with Crippen LogP contribution in [0.3, 0.4) is 0 Å². The molecule has 24 heavy (non-hydrogen) atoms. The third-order valence-corrected chi connectivity index (χ3v) is 4.97. The molecule has 0 aliphatic carbocycles. The first-order valence-corrected chi connectivity index (χ1v) is 8.90. The lowest BCUT2D eigenvalue weighted by molar-refractivity contribution is -0.125. The third kappa shape index (κ3) is 4.81. The molecule has 1 aliphatic heterocycles. The SMILES string of the molecule is CCC(C)C(NC(=O)c1ccccc1)C(=O)NC1CNCCC1C. The number of amides is 2. The summed E-state index contributed by atoms with van der Waals surface area (Å²) in [5.41, 5.74) is 0.575. The van der Waals surface area contributed by atoms with Crippen LogP contribution in [0.2, 0.25) is 0 Å². The van der Waals surface area contributed by atoms with E-state index in [0.29, 0.717) is 11.5 Å². The summed E-state index contributed by atoms with van der Waals surface area (Å²) < 4.78 is 0. The van der Waals surface area contributed by atoms with E-state index in [9.17, 15) is 9.59 Å². The molecule has 132 valence electrons. The number of carbonyl (C=O) groups is 2. The molecule has 5 heteroatoms. The van der Waals surface area contributed by atoms with Crippen LogP contribution in [0.4, 0.5) is 0 Å². The molecule has 3 N–H and O–H groups in total. The Morgan fingerprint density at radius 2 is 2.00 bits per heavy atom. The lowest BCUT2D eigenvalue weighted by Crippen LogP contribution is -2.57. The minimum atomic E-state index is -0.517. The molecule has 1 heterocycles. The summed E-state index contributed by atoms with van der Waals surface area (Å²) in [5.74, 6) is 0.224. The molecule has 5 nitrogen and oxygen atoms in total. The van der Waals surface area contributed by atoms with Gasteiger partial charge in [-0.15, -0.1) is 0 Å². The van der Waals surface area contributed by atoms with Crippen molar-refractivity contribution in [3.63, 3.8) is 0 Å². The molecule has 0 bridgehead atoms. The van der Waals surface area contributed by atoms with Gasteiger partial charge in [0.25, 0.3) is 5.91 Å². The summed E-state index contributed by atoms with van der Waals surface area (Å²) >= 11 is 0. The Morgan fingerprint density at radius 3 is 2.62 bits per heavy atom. The molecule has 2 amide bonds. The van der Waals surface area contributed by atoms with E-state index in [0.717, 1.165) is 25.9 Å². The van der Waals surface area contributed by atoms with Crippen molar-refractivity contribution < 1.29 is 9.59 Å². The van der Waals surface area contributed by atoms with Gasteiger partial charge in [-0.1, -0.05) is 45.4 Å². The van der Waals surface area contributed by atoms with Gasteiger partial charge in [-0.3, -0.25) is 9.59 Å². The van der Waals surface area contributed by atoms with Crippen LogP contribution in [0, 0.1) is 11.8 Å². The Hall–Kier alpha value is -1.88. The summed E-state index contributed by atoms with van der Waals surface area (Å²) in [6.07, 6.45) is 1.88. The topological polar surface area (TPSA) is 70.2 Å². The molecule has 0 saturated carbocycles. The van der Waals surface area contributed by atoms with Crippen molar-refractivity contribution in [1.82, 2.24) is 16.0 Å². The van der Waals surface area contributed by atoms with E-state index < -0.39 is 6.04 Å². The van der Waals surface area contributed by atoms with Gasteiger partial charge in [0.15, 0.2) is 0 Å². The zero-order valence-electron chi connectivity index (χ0n) is 14.8. The lowest BCUT2D eigenvalue weighted by atomic mass is 9.93. The largest absolute Gasteiger partial charge is 0.350 e. The maximum atomic E-state index is 12.8. The molecule has 2 rings (SSSR count). The van der Waals surface area contributed by atoms with E-state index in [-0.39, 0.29) is 23.8 Å². The van der Waals surface area contributed by atoms with Crippen LogP contribution in [0.1, 0.15) is 44.0 Å². The summed E-state index contributed by atoms with van der Waals surface area (Å²) in [6.45, 7) is 7.97. The summed E-state index contributed by atoms with van der Waals surface area (Å²) in [6, 6.07) is 8.63. The van der Waals surface area contributed by atoms with E-state index in [1.54, 1.807) is 12.1 Å². The predicted octanol–water partition coefficient (Wildman–Crippen LogP) is 1.95. The third-order valence-electron chi connectivity index (χ3n) is 4.97. The molecule has 4 unspecified atom stereocenters. The van der Waals surface area contributed by atoms with Gasteiger partial charge in [0.1, 0.15) is 6.04 Å². The van der Waals surface area contributed by atoms with Crippen LogP contribution in [0.5, 0.6) is 0 Å². The molecule has 1 aromatic rings. The molecule has 4 atom stereocenters. The molecule has 0 aromatic heterocycles. The Labute approximate surface area is 144 Å². The van der Waals surface area contributed by atoms with Gasteiger partial charge in [0.05, 0.1) is 0 Å². The lowest BCUT2D eigenvalue weighted by Gasteiger charge is -2.32. The molecule has 1 aliphatic rings. The highest BCUT2D eigenvalue weighted by molar-refractivity contribution is 5.97. The monoisotopic (exact) mass is 331 g/mol. The Bertz CT molecular complexity index is 547. The van der Waals surface area contributed by atoms with Crippen LogP contribution in [0.15, 0.2) is 30.3 Å². The van der Waals surface area contributed by atoms with Crippen LogP contribution >= 0.6 is 0 Å². The second-order valence-corrected chi connectivity index (χ2v) is 6.79. The number of hydrogen-bond donors (Lipinski definition) is 3. The van der Waals surface area contributed by atoms with Gasteiger partial charge in [0.2, 0.25) is 5.91 Å². The fourth-order valence-electron chi connectivity index (χ4n) is 2.97. The molecular weight excluding hydrogens is 302 g/mol. The molecular formula is C19H29N3O2. The Balaban J connectivity index is 2.04. The van der Waals surface area contributed by atoms with Crippen LogP contribution < -0.4 is 16.0 Å². The second kappa shape index (κ2) is 8.83. The molecule has 1 fully saturated rings. The number of rotatable bonds is 6. The maximum Gasteiger partial charge on any atom is 0.251 e. The number of carbonyl (C=O) groups excluding carboxylic acids is 2. The molecule has 1 saturated heterocycles. The smallest absolute Gasteiger partial charge is 0.251 e. The minimum absolute atomic E-state index is 0.0736. The van der Waals surface area contributed by atoms with Crippen LogP contribution in [0.25, 0.3) is 0 Å². The summed E-state index contributed by atoms with van der Waals surface area (Å²) in [4.78, 5) is 25.2. The second-order valence-electron chi connectivity index (χ2n) is 6.79. The molecule has 0 spiro atoms. The molecule has 0 radical (unpaired) electrons. The van der Waals surface area contributed by atoms with Gasteiger partial charge in [-0.25, -0.2) is 0 Å². The summed E-state index contributed by atoms with van der Waals surface area (Å²) in [5, 5.41) is 9.36. The number of hydrogen-bond acceptors (Lipinski definition) is 3. The number of nitrogens with one attached hydrogen (secondary N) is 3. The van der Waals surface area contributed by atoms with E-state index in [1.807, 2.05) is 32.0 Å². The highest BCUT2D eigenvalue weighted by Crippen LogP contribution is 2.14. The number of benzene rings is 1. The highest BCUT2D eigenvalue weighted by atomic mass is 16.2. The van der Waals surface area contributed by atoms with Gasteiger partial charge >= 0.3 is 0 Å². The van der Waals surface area contributed by atoms with Gasteiger partial charge in [0, 0.05) is 18.2 Å². The van der Waals surface area contributed by atoms with E-state index in [1.165, 1.54) is 0 Å². The average Bonchev–Trinajstić information content (AvgIpc) is 2.61. The zero-order valence-corrected chi connectivity index (χ0v) is 14.8. The van der Waals surface area contributed by atoms with Crippen molar-refractivity contribution >= 4 is 11.8 Å². The van der Waals surface area contributed by atoms with Crippen molar-refractivity contribution in [2.24, 2.45) is 11.8 Å². The summed E-state index contributed by atoms with van der Waals surface area (Å²) in [7, 11) is 0. The van der Waals surface area contributed by atoms with Crippen molar-refractivity contribution in [2.45, 2.75) is 45.7 Å². The molecule has 1 aromatic carbocycles. The average molecular weight is 331 g/mol. The quantitative estimate of drug-likeness (QED) is 0.746. The van der Waals surface area contributed by atoms with Crippen molar-refractivity contribution in [3.05, 3.63) is 35.9 Å².